The summed E-state index contributed by atoms with van der Waals surface area (Å²) in [6.07, 6.45) is 0.719. The molecule has 1 aromatic carbocycles. The molecule has 1 heterocycles. The van der Waals surface area contributed by atoms with Gasteiger partial charge < -0.3 is 0 Å². The summed E-state index contributed by atoms with van der Waals surface area (Å²) in [5, 5.41) is 9.60. The number of aldehydes is 1. The number of hydrogen-bond acceptors (Lipinski definition) is 4. The van der Waals surface area contributed by atoms with Gasteiger partial charge in [0.05, 0.1) is 5.56 Å². The number of fused-ring (bicyclic) bond motifs is 1. The number of hydrogen-bond donors (Lipinski definition) is 1. The second kappa shape index (κ2) is 3.45. The monoisotopic (exact) mass is 219 g/mol. The molecule has 0 N–H and O–H groups in total. The Hall–Kier alpha value is -1.31. The van der Waals surface area contributed by atoms with Crippen molar-refractivity contribution in [2.45, 2.75) is 4.90 Å². The zero-order valence-corrected chi connectivity index (χ0v) is 8.73. The van der Waals surface area contributed by atoms with E-state index >= 15 is 0 Å². The highest BCUT2D eigenvalue weighted by Crippen LogP contribution is 2.33. The number of thiophene rings is 1. The first kappa shape index (κ1) is 9.25. The van der Waals surface area contributed by atoms with Gasteiger partial charge in [0.15, 0.2) is 6.29 Å². The molecule has 4 heteroatoms. The fourth-order valence-electron chi connectivity index (χ4n) is 1.35. The van der Waals surface area contributed by atoms with Crippen molar-refractivity contribution in [1.82, 2.24) is 0 Å². The first-order valence-corrected chi connectivity index (χ1v) is 5.14. The first-order chi connectivity index (χ1) is 6.77. The molecule has 0 spiro atoms. The van der Waals surface area contributed by atoms with E-state index in [2.05, 4.69) is 12.6 Å². The maximum Gasteiger partial charge on any atom is 0.152 e. The van der Waals surface area contributed by atoms with E-state index in [1.54, 1.807) is 0 Å². The summed E-state index contributed by atoms with van der Waals surface area (Å²) in [7, 11) is 0. The minimum Gasteiger partial charge on any atom is -0.298 e. The maximum absolute atomic E-state index is 10.8. The number of thiol groups is 1. The summed E-state index contributed by atoms with van der Waals surface area (Å²) in [5.74, 6) is 0. The molecule has 0 bridgehead atoms. The molecule has 0 unspecified atom stereocenters. The summed E-state index contributed by atoms with van der Waals surface area (Å²) in [6, 6.07) is 7.57. The van der Waals surface area contributed by atoms with Gasteiger partial charge in [0.1, 0.15) is 10.9 Å². The Kier molecular flexibility index (Phi) is 2.28. The van der Waals surface area contributed by atoms with Crippen LogP contribution in [0.15, 0.2) is 23.1 Å². The van der Waals surface area contributed by atoms with Gasteiger partial charge in [-0.25, -0.2) is 0 Å². The van der Waals surface area contributed by atoms with Crippen molar-refractivity contribution in [3.05, 3.63) is 28.6 Å². The second-order valence-electron chi connectivity index (χ2n) is 2.72. The molecule has 0 atom stereocenters. The second-order valence-corrected chi connectivity index (χ2v) is 4.26. The summed E-state index contributed by atoms with van der Waals surface area (Å²) in [6.45, 7) is 0. The van der Waals surface area contributed by atoms with Crippen LogP contribution in [-0.2, 0) is 0 Å². The van der Waals surface area contributed by atoms with Crippen LogP contribution in [0.2, 0.25) is 0 Å². The van der Waals surface area contributed by atoms with Gasteiger partial charge in [-0.1, -0.05) is 6.07 Å². The van der Waals surface area contributed by atoms with Gasteiger partial charge in [-0.05, 0) is 12.1 Å². The van der Waals surface area contributed by atoms with Crippen molar-refractivity contribution in [2.24, 2.45) is 0 Å². The Labute approximate surface area is 90.2 Å². The van der Waals surface area contributed by atoms with Crippen molar-refractivity contribution in [2.75, 3.05) is 0 Å². The highest BCUT2D eigenvalue weighted by Gasteiger charge is 2.12. The lowest BCUT2D eigenvalue weighted by molar-refractivity contribution is 0.112. The largest absolute Gasteiger partial charge is 0.298 e. The number of carbonyl (C=O) groups is 1. The van der Waals surface area contributed by atoms with Crippen LogP contribution < -0.4 is 0 Å². The maximum atomic E-state index is 10.8. The molecule has 0 aliphatic rings. The van der Waals surface area contributed by atoms with Crippen LogP contribution >= 0.6 is 24.0 Å². The minimum atomic E-state index is 0.455. The average Bonchev–Trinajstić information content (AvgIpc) is 2.56. The molecule has 1 aromatic heterocycles. The Bertz CT molecular complexity index is 551. The predicted octanol–water partition coefficient (Wildman–Crippen LogP) is 2.87. The Balaban J connectivity index is 2.97. The predicted molar refractivity (Wildman–Crippen MR) is 59.2 cm³/mol. The number of rotatable bonds is 1. The molecule has 14 heavy (non-hydrogen) atoms. The molecule has 0 aliphatic heterocycles. The van der Waals surface area contributed by atoms with Crippen LogP contribution in [0.3, 0.4) is 0 Å². The van der Waals surface area contributed by atoms with E-state index in [1.165, 1.54) is 11.3 Å². The molecule has 0 amide bonds. The molecule has 68 valence electrons. The van der Waals surface area contributed by atoms with Crippen molar-refractivity contribution in [3.63, 3.8) is 0 Å². The normalized spacial score (nSPS) is 10.0. The lowest BCUT2D eigenvalue weighted by Crippen LogP contribution is -1.80. The minimum absolute atomic E-state index is 0.455. The van der Waals surface area contributed by atoms with E-state index in [0.717, 1.165) is 21.3 Å². The highest BCUT2D eigenvalue weighted by atomic mass is 32.1. The van der Waals surface area contributed by atoms with Crippen LogP contribution in [0.1, 0.15) is 15.2 Å². The summed E-state index contributed by atoms with van der Waals surface area (Å²) in [4.78, 5) is 12.0. The third kappa shape index (κ3) is 1.22. The average molecular weight is 219 g/mol. The van der Waals surface area contributed by atoms with Gasteiger partial charge in [-0.2, -0.15) is 5.26 Å². The molecule has 2 aromatic rings. The molecule has 0 saturated carbocycles. The zero-order chi connectivity index (χ0) is 10.1. The van der Waals surface area contributed by atoms with Crippen molar-refractivity contribution < 1.29 is 4.79 Å². The summed E-state index contributed by atoms with van der Waals surface area (Å²) in [5.41, 5.74) is 0.457. The van der Waals surface area contributed by atoms with E-state index in [0.29, 0.717) is 10.4 Å². The molecule has 0 fully saturated rings. The standard InChI is InChI=1S/C10H5NOS2/c11-4-9-6(5-12)10-7(13)2-1-3-8(10)14-9/h1-3,5,13H. The van der Waals surface area contributed by atoms with Gasteiger partial charge in [0.25, 0.3) is 0 Å². The summed E-state index contributed by atoms with van der Waals surface area (Å²) >= 11 is 5.59. The van der Waals surface area contributed by atoms with E-state index in [-0.39, 0.29) is 0 Å². The van der Waals surface area contributed by atoms with Crippen molar-refractivity contribution in [3.8, 4) is 6.07 Å². The van der Waals surface area contributed by atoms with Gasteiger partial charge in [-0.3, -0.25) is 4.79 Å². The van der Waals surface area contributed by atoms with Crippen LogP contribution in [0.5, 0.6) is 0 Å². The van der Waals surface area contributed by atoms with Gasteiger partial charge in [-0.15, -0.1) is 24.0 Å². The zero-order valence-electron chi connectivity index (χ0n) is 7.02. The van der Waals surface area contributed by atoms with E-state index in [1.807, 2.05) is 24.3 Å². The molecular formula is C10H5NOS2. The Morgan fingerprint density at radius 3 is 2.93 bits per heavy atom. The Morgan fingerprint density at radius 1 is 1.50 bits per heavy atom. The van der Waals surface area contributed by atoms with Crippen molar-refractivity contribution >= 4 is 40.3 Å². The molecule has 0 aliphatic carbocycles. The first-order valence-electron chi connectivity index (χ1n) is 3.87. The van der Waals surface area contributed by atoms with Crippen LogP contribution in [0.25, 0.3) is 10.1 Å². The van der Waals surface area contributed by atoms with Crippen molar-refractivity contribution in [1.29, 1.82) is 5.26 Å². The summed E-state index contributed by atoms with van der Waals surface area (Å²) < 4.78 is 0.927. The van der Waals surface area contributed by atoms with Gasteiger partial charge in [0, 0.05) is 15.0 Å². The number of carbonyl (C=O) groups excluding carboxylic acids is 1. The van der Waals surface area contributed by atoms with Crippen LogP contribution in [0.4, 0.5) is 0 Å². The molecule has 2 nitrogen and oxygen atoms in total. The Morgan fingerprint density at radius 2 is 2.29 bits per heavy atom. The molecule has 0 saturated heterocycles. The van der Waals surface area contributed by atoms with E-state index < -0.39 is 0 Å². The molecule has 2 rings (SSSR count). The van der Waals surface area contributed by atoms with E-state index in [4.69, 9.17) is 5.26 Å². The van der Waals surface area contributed by atoms with Crippen LogP contribution in [0, 0.1) is 11.3 Å². The lowest BCUT2D eigenvalue weighted by Gasteiger charge is -1.94. The van der Waals surface area contributed by atoms with E-state index in [9.17, 15) is 4.79 Å². The number of benzene rings is 1. The highest BCUT2D eigenvalue weighted by molar-refractivity contribution is 7.80. The third-order valence-corrected chi connectivity index (χ3v) is 3.40. The fourth-order valence-corrected chi connectivity index (χ4v) is 2.75. The molecular weight excluding hydrogens is 214 g/mol. The third-order valence-electron chi connectivity index (χ3n) is 1.95. The SMILES string of the molecule is N#Cc1sc2cccc(S)c2c1C=O. The number of nitriles is 1. The topological polar surface area (TPSA) is 40.9 Å². The van der Waals surface area contributed by atoms with Gasteiger partial charge >= 0.3 is 0 Å². The van der Waals surface area contributed by atoms with Crippen LogP contribution in [-0.4, -0.2) is 6.29 Å². The fraction of sp³-hybridized carbons (Fsp3) is 0. The quantitative estimate of drug-likeness (QED) is 0.592. The number of nitrogens with zero attached hydrogens (tertiary/aromatic N) is 1. The lowest BCUT2D eigenvalue weighted by atomic mass is 10.1. The van der Waals surface area contributed by atoms with Gasteiger partial charge in [0.2, 0.25) is 0 Å². The smallest absolute Gasteiger partial charge is 0.152 e. The molecule has 0 radical (unpaired) electrons.